The van der Waals surface area contributed by atoms with Crippen molar-refractivity contribution in [2.45, 2.75) is 32.1 Å². The second kappa shape index (κ2) is 7.10. The van der Waals surface area contributed by atoms with Crippen molar-refractivity contribution in [3.05, 3.63) is 40.9 Å². The predicted molar refractivity (Wildman–Crippen MR) is 82.7 cm³/mol. The van der Waals surface area contributed by atoms with E-state index in [1.54, 1.807) is 12.3 Å². The van der Waals surface area contributed by atoms with E-state index in [0.29, 0.717) is 16.3 Å². The van der Waals surface area contributed by atoms with Crippen LogP contribution in [0.1, 0.15) is 24.6 Å². The van der Waals surface area contributed by atoms with Gasteiger partial charge in [0.1, 0.15) is 5.01 Å². The van der Waals surface area contributed by atoms with E-state index in [0.717, 1.165) is 12.1 Å². The first kappa shape index (κ1) is 17.4. The van der Waals surface area contributed by atoms with Gasteiger partial charge in [-0.1, -0.05) is 12.1 Å². The first-order chi connectivity index (χ1) is 10.8. The summed E-state index contributed by atoms with van der Waals surface area (Å²) in [7, 11) is 0. The monoisotopic (exact) mass is 343 g/mol. The minimum absolute atomic E-state index is 0.163. The number of aromatic nitrogens is 1. The minimum atomic E-state index is -4.35. The lowest BCUT2D eigenvalue weighted by Gasteiger charge is -2.06. The van der Waals surface area contributed by atoms with Gasteiger partial charge < -0.3 is 11.1 Å². The summed E-state index contributed by atoms with van der Waals surface area (Å²) >= 11 is 1.31. The van der Waals surface area contributed by atoms with E-state index in [4.69, 9.17) is 5.73 Å². The fraction of sp³-hybridized carbons (Fsp3) is 0.333. The highest BCUT2D eigenvalue weighted by atomic mass is 32.1. The Morgan fingerprint density at radius 3 is 2.57 bits per heavy atom. The molecule has 0 aliphatic rings. The molecular weight excluding hydrogens is 327 g/mol. The molecule has 1 heterocycles. The van der Waals surface area contributed by atoms with Crippen molar-refractivity contribution >= 4 is 17.2 Å². The molecule has 1 unspecified atom stereocenters. The zero-order valence-electron chi connectivity index (χ0n) is 12.4. The molecule has 0 saturated carbocycles. The van der Waals surface area contributed by atoms with Gasteiger partial charge in [-0.25, -0.2) is 4.98 Å². The van der Waals surface area contributed by atoms with Gasteiger partial charge in [0.2, 0.25) is 5.91 Å². The summed E-state index contributed by atoms with van der Waals surface area (Å²) in [5.74, 6) is -0.163. The van der Waals surface area contributed by atoms with Crippen molar-refractivity contribution in [3.63, 3.8) is 0 Å². The molecule has 1 aromatic heterocycles. The van der Waals surface area contributed by atoms with E-state index in [2.05, 4.69) is 10.3 Å². The van der Waals surface area contributed by atoms with E-state index in [1.807, 2.05) is 0 Å². The number of hydrogen-bond donors (Lipinski definition) is 2. The van der Waals surface area contributed by atoms with Gasteiger partial charge >= 0.3 is 6.18 Å². The lowest BCUT2D eigenvalue weighted by molar-refractivity contribution is -0.137. The molecule has 0 spiro atoms. The van der Waals surface area contributed by atoms with Crippen LogP contribution < -0.4 is 11.1 Å². The lowest BCUT2D eigenvalue weighted by atomic mass is 10.1. The quantitative estimate of drug-likeness (QED) is 0.876. The number of hydrogen-bond acceptors (Lipinski definition) is 4. The Morgan fingerprint density at radius 1 is 1.35 bits per heavy atom. The average Bonchev–Trinajstić information content (AvgIpc) is 2.92. The highest BCUT2D eigenvalue weighted by Crippen LogP contribution is 2.31. The summed E-state index contributed by atoms with van der Waals surface area (Å²) in [5, 5.41) is 5.07. The molecule has 0 saturated heterocycles. The predicted octanol–water partition coefficient (Wildman–Crippen LogP) is 3.18. The Morgan fingerprint density at radius 2 is 2.00 bits per heavy atom. The third kappa shape index (κ3) is 5.04. The summed E-state index contributed by atoms with van der Waals surface area (Å²) in [6, 6.07) is 4.62. The molecule has 3 N–H and O–H groups in total. The molecule has 8 heteroatoms. The molecule has 0 fully saturated rings. The molecule has 0 radical (unpaired) electrons. The van der Waals surface area contributed by atoms with Gasteiger partial charge in [0, 0.05) is 23.4 Å². The minimum Gasteiger partial charge on any atom is -0.350 e. The number of benzene rings is 1. The van der Waals surface area contributed by atoms with Gasteiger partial charge in [-0.2, -0.15) is 13.2 Å². The first-order valence-electron chi connectivity index (χ1n) is 6.90. The van der Waals surface area contributed by atoms with Gasteiger partial charge in [-0.15, -0.1) is 11.3 Å². The number of carbonyl (C=O) groups excluding carboxylic acids is 1. The molecule has 4 nitrogen and oxygen atoms in total. The van der Waals surface area contributed by atoms with Crippen LogP contribution in [0, 0.1) is 0 Å². The molecule has 0 aliphatic carbocycles. The third-order valence-corrected chi connectivity index (χ3v) is 3.93. The van der Waals surface area contributed by atoms with E-state index in [9.17, 15) is 18.0 Å². The Labute approximate surface area is 135 Å². The van der Waals surface area contributed by atoms with Crippen LogP contribution in [-0.2, 0) is 17.5 Å². The number of amides is 1. The highest BCUT2D eigenvalue weighted by molar-refractivity contribution is 7.13. The van der Waals surface area contributed by atoms with Crippen molar-refractivity contribution in [2.75, 3.05) is 0 Å². The van der Waals surface area contributed by atoms with Crippen molar-refractivity contribution in [1.29, 1.82) is 0 Å². The average molecular weight is 343 g/mol. The van der Waals surface area contributed by atoms with Crippen molar-refractivity contribution in [3.8, 4) is 10.6 Å². The van der Waals surface area contributed by atoms with Crippen LogP contribution in [0.5, 0.6) is 0 Å². The summed E-state index contributed by atoms with van der Waals surface area (Å²) in [6.45, 7) is 2.01. The number of nitrogens with one attached hydrogen (secondary N) is 1. The number of nitrogens with zero attached hydrogens (tertiary/aromatic N) is 1. The van der Waals surface area contributed by atoms with Crippen LogP contribution >= 0.6 is 11.3 Å². The van der Waals surface area contributed by atoms with Crippen molar-refractivity contribution in [1.82, 2.24) is 10.3 Å². The zero-order valence-corrected chi connectivity index (χ0v) is 13.2. The molecule has 2 aromatic rings. The van der Waals surface area contributed by atoms with Crippen LogP contribution in [0.15, 0.2) is 29.6 Å². The number of thiazole rings is 1. The van der Waals surface area contributed by atoms with E-state index >= 15 is 0 Å². The van der Waals surface area contributed by atoms with Gasteiger partial charge in [0.25, 0.3) is 0 Å². The topological polar surface area (TPSA) is 68.0 Å². The molecular formula is C15H16F3N3OS. The van der Waals surface area contributed by atoms with Gasteiger partial charge in [-0.3, -0.25) is 4.79 Å². The smallest absolute Gasteiger partial charge is 0.350 e. The Bertz CT molecular complexity index is 665. The SMILES string of the molecule is CC(N)CC(=O)NCc1csc(-c2ccc(C(F)(F)F)cc2)n1. The maximum Gasteiger partial charge on any atom is 0.416 e. The molecule has 1 atom stereocenters. The number of alkyl halides is 3. The summed E-state index contributed by atoms with van der Waals surface area (Å²) in [4.78, 5) is 15.8. The van der Waals surface area contributed by atoms with Crippen LogP contribution in [0.2, 0.25) is 0 Å². The summed E-state index contributed by atoms with van der Waals surface area (Å²) < 4.78 is 37.6. The standard InChI is InChI=1S/C15H16F3N3OS/c1-9(19)6-13(22)20-7-12-8-23-14(21-12)10-2-4-11(5-3-10)15(16,17)18/h2-5,8-9H,6-7,19H2,1H3,(H,20,22). The fourth-order valence-electron chi connectivity index (χ4n) is 1.88. The molecule has 0 bridgehead atoms. The van der Waals surface area contributed by atoms with E-state index in [1.165, 1.54) is 23.5 Å². The van der Waals surface area contributed by atoms with Crippen LogP contribution in [0.25, 0.3) is 10.6 Å². The second-order valence-electron chi connectivity index (χ2n) is 5.18. The number of carbonyl (C=O) groups is 1. The third-order valence-electron chi connectivity index (χ3n) is 2.98. The molecule has 2 rings (SSSR count). The Kier molecular flexibility index (Phi) is 5.38. The molecule has 124 valence electrons. The summed E-state index contributed by atoms with van der Waals surface area (Å²) in [5.41, 5.74) is 6.10. The molecule has 23 heavy (non-hydrogen) atoms. The van der Waals surface area contributed by atoms with Crippen LogP contribution in [-0.4, -0.2) is 16.9 Å². The second-order valence-corrected chi connectivity index (χ2v) is 6.04. The zero-order chi connectivity index (χ0) is 17.0. The van der Waals surface area contributed by atoms with E-state index in [-0.39, 0.29) is 24.9 Å². The van der Waals surface area contributed by atoms with Gasteiger partial charge in [-0.05, 0) is 19.1 Å². The molecule has 1 aromatic carbocycles. The van der Waals surface area contributed by atoms with Crippen LogP contribution in [0.3, 0.4) is 0 Å². The first-order valence-corrected chi connectivity index (χ1v) is 7.78. The normalized spacial score (nSPS) is 12.9. The lowest BCUT2D eigenvalue weighted by Crippen LogP contribution is -2.29. The number of halogens is 3. The maximum absolute atomic E-state index is 12.5. The van der Waals surface area contributed by atoms with Crippen molar-refractivity contribution < 1.29 is 18.0 Å². The molecule has 1 amide bonds. The Balaban J connectivity index is 2.00. The number of nitrogens with two attached hydrogens (primary N) is 1. The maximum atomic E-state index is 12.5. The largest absolute Gasteiger partial charge is 0.416 e. The van der Waals surface area contributed by atoms with Crippen LogP contribution in [0.4, 0.5) is 13.2 Å². The van der Waals surface area contributed by atoms with Crippen molar-refractivity contribution in [2.24, 2.45) is 5.73 Å². The summed E-state index contributed by atoms with van der Waals surface area (Å²) in [6.07, 6.45) is -4.12. The van der Waals surface area contributed by atoms with E-state index < -0.39 is 11.7 Å². The van der Waals surface area contributed by atoms with Gasteiger partial charge in [0.15, 0.2) is 0 Å². The molecule has 0 aliphatic heterocycles. The van der Waals surface area contributed by atoms with Gasteiger partial charge in [0.05, 0.1) is 17.8 Å². The number of rotatable bonds is 5. The highest BCUT2D eigenvalue weighted by Gasteiger charge is 2.30. The Hall–Kier alpha value is -1.93. The fourth-order valence-corrected chi connectivity index (χ4v) is 2.70.